The van der Waals surface area contributed by atoms with Crippen molar-refractivity contribution >= 4 is 29.9 Å². The zero-order chi connectivity index (χ0) is 16.9. The normalized spacial score (nSPS) is 11.1. The van der Waals surface area contributed by atoms with Crippen molar-refractivity contribution in [2.24, 2.45) is 4.99 Å². The van der Waals surface area contributed by atoms with E-state index in [1.807, 2.05) is 18.2 Å². The first kappa shape index (κ1) is 23.0. The average molecular weight is 448 g/mol. The number of unbranched alkanes of at least 4 members (excludes halogenated alkanes) is 1. The molecule has 1 rings (SSSR count). The van der Waals surface area contributed by atoms with Crippen LogP contribution in [-0.4, -0.2) is 51.2 Å². The van der Waals surface area contributed by atoms with E-state index in [1.54, 1.807) is 14.2 Å². The van der Waals surface area contributed by atoms with Crippen molar-refractivity contribution in [1.82, 2.24) is 15.5 Å². The number of para-hydroxylation sites is 1. The number of methoxy groups -OCH3 is 1. The van der Waals surface area contributed by atoms with Gasteiger partial charge in [0.2, 0.25) is 0 Å². The molecule has 0 unspecified atom stereocenters. The number of nitrogens with one attached hydrogen (secondary N) is 2. The number of aliphatic imine (C=N–C) groups is 1. The molecule has 1 aromatic rings. The Morgan fingerprint density at radius 3 is 2.46 bits per heavy atom. The molecule has 0 bridgehead atoms. The third-order valence-electron chi connectivity index (χ3n) is 3.95. The molecule has 2 N–H and O–H groups in total. The second-order valence-corrected chi connectivity index (χ2v) is 5.40. The molecule has 0 saturated carbocycles. The standard InChI is InChI=1S/C18H32N4O.HI/c1-5-22(6-2)14-10-9-13-20-18(19-3)21-15-16-11-7-8-12-17(16)23-4;/h7-8,11-12H,5-6,9-10,13-15H2,1-4H3,(H2,19,20,21);1H. The first-order chi connectivity index (χ1) is 11.2. The van der Waals surface area contributed by atoms with Gasteiger partial charge in [0.05, 0.1) is 7.11 Å². The highest BCUT2D eigenvalue weighted by Gasteiger charge is 2.03. The largest absolute Gasteiger partial charge is 0.496 e. The minimum atomic E-state index is 0. The van der Waals surface area contributed by atoms with Gasteiger partial charge in [-0.2, -0.15) is 0 Å². The van der Waals surface area contributed by atoms with Crippen molar-refractivity contribution in [2.45, 2.75) is 33.2 Å². The molecule has 0 saturated heterocycles. The van der Waals surface area contributed by atoms with E-state index in [4.69, 9.17) is 4.74 Å². The third kappa shape index (κ3) is 8.73. The minimum Gasteiger partial charge on any atom is -0.496 e. The summed E-state index contributed by atoms with van der Waals surface area (Å²) in [5.74, 6) is 1.73. The van der Waals surface area contributed by atoms with Crippen molar-refractivity contribution < 1.29 is 4.74 Å². The van der Waals surface area contributed by atoms with E-state index in [0.717, 1.165) is 43.3 Å². The van der Waals surface area contributed by atoms with Crippen molar-refractivity contribution in [2.75, 3.05) is 40.3 Å². The number of guanidine groups is 1. The minimum absolute atomic E-state index is 0. The molecule has 0 aliphatic carbocycles. The van der Waals surface area contributed by atoms with E-state index >= 15 is 0 Å². The smallest absolute Gasteiger partial charge is 0.191 e. The molecule has 0 aromatic heterocycles. The molecule has 0 atom stereocenters. The van der Waals surface area contributed by atoms with Gasteiger partial charge in [0, 0.05) is 25.7 Å². The van der Waals surface area contributed by atoms with E-state index in [2.05, 4.69) is 40.4 Å². The molecule has 0 aliphatic heterocycles. The number of nitrogens with zero attached hydrogens (tertiary/aromatic N) is 2. The predicted octanol–water partition coefficient (Wildman–Crippen LogP) is 3.10. The van der Waals surface area contributed by atoms with Gasteiger partial charge in [-0.05, 0) is 38.5 Å². The van der Waals surface area contributed by atoms with E-state index < -0.39 is 0 Å². The van der Waals surface area contributed by atoms with Crippen molar-refractivity contribution in [3.8, 4) is 5.75 Å². The molecular formula is C18H33IN4O. The van der Waals surface area contributed by atoms with Gasteiger partial charge in [-0.15, -0.1) is 24.0 Å². The molecule has 0 fully saturated rings. The maximum atomic E-state index is 5.36. The zero-order valence-corrected chi connectivity index (χ0v) is 17.8. The van der Waals surface area contributed by atoms with Crippen LogP contribution in [0.4, 0.5) is 0 Å². The van der Waals surface area contributed by atoms with Gasteiger partial charge in [-0.3, -0.25) is 4.99 Å². The predicted molar refractivity (Wildman–Crippen MR) is 114 cm³/mol. The van der Waals surface area contributed by atoms with Gasteiger partial charge in [0.25, 0.3) is 0 Å². The summed E-state index contributed by atoms with van der Waals surface area (Å²) >= 11 is 0. The Labute approximate surface area is 164 Å². The van der Waals surface area contributed by atoms with Crippen molar-refractivity contribution in [1.29, 1.82) is 0 Å². The fourth-order valence-corrected chi connectivity index (χ4v) is 2.46. The number of ether oxygens (including phenoxy) is 1. The Morgan fingerprint density at radius 1 is 1.12 bits per heavy atom. The molecule has 0 spiro atoms. The van der Waals surface area contributed by atoms with Crippen LogP contribution >= 0.6 is 24.0 Å². The highest BCUT2D eigenvalue weighted by atomic mass is 127. The second kappa shape index (κ2) is 14.3. The SMILES string of the molecule is CCN(CC)CCCCNC(=NC)NCc1ccccc1OC.I. The monoisotopic (exact) mass is 448 g/mol. The fourth-order valence-electron chi connectivity index (χ4n) is 2.46. The van der Waals surface area contributed by atoms with Crippen LogP contribution in [0.15, 0.2) is 29.3 Å². The second-order valence-electron chi connectivity index (χ2n) is 5.40. The molecular weight excluding hydrogens is 415 g/mol. The third-order valence-corrected chi connectivity index (χ3v) is 3.95. The summed E-state index contributed by atoms with van der Waals surface area (Å²) in [6.07, 6.45) is 2.35. The summed E-state index contributed by atoms with van der Waals surface area (Å²) in [5.41, 5.74) is 1.12. The lowest BCUT2D eigenvalue weighted by molar-refractivity contribution is 0.297. The van der Waals surface area contributed by atoms with Gasteiger partial charge >= 0.3 is 0 Å². The van der Waals surface area contributed by atoms with E-state index in [0.29, 0.717) is 6.54 Å². The van der Waals surface area contributed by atoms with Crippen LogP contribution in [0.2, 0.25) is 0 Å². The zero-order valence-electron chi connectivity index (χ0n) is 15.5. The molecule has 6 heteroatoms. The lowest BCUT2D eigenvalue weighted by atomic mass is 10.2. The highest BCUT2D eigenvalue weighted by Crippen LogP contribution is 2.16. The van der Waals surface area contributed by atoms with Crippen molar-refractivity contribution in [3.63, 3.8) is 0 Å². The maximum absolute atomic E-state index is 5.36. The summed E-state index contributed by atoms with van der Waals surface area (Å²) in [4.78, 5) is 6.72. The van der Waals surface area contributed by atoms with Crippen molar-refractivity contribution in [3.05, 3.63) is 29.8 Å². The van der Waals surface area contributed by atoms with Crippen LogP contribution in [0.1, 0.15) is 32.3 Å². The van der Waals surface area contributed by atoms with Crippen LogP contribution in [0.3, 0.4) is 0 Å². The van der Waals surface area contributed by atoms with E-state index in [-0.39, 0.29) is 24.0 Å². The van der Waals surface area contributed by atoms with Gasteiger partial charge in [0.15, 0.2) is 5.96 Å². The Hall–Kier alpha value is -1.02. The maximum Gasteiger partial charge on any atom is 0.191 e. The molecule has 1 aromatic carbocycles. The van der Waals surface area contributed by atoms with Gasteiger partial charge in [-0.25, -0.2) is 0 Å². The molecule has 24 heavy (non-hydrogen) atoms. The first-order valence-electron chi connectivity index (χ1n) is 8.53. The number of hydrogen-bond acceptors (Lipinski definition) is 3. The Kier molecular flexibility index (Phi) is 13.7. The summed E-state index contributed by atoms with van der Waals surface area (Å²) in [7, 11) is 3.50. The molecule has 0 aliphatic rings. The molecule has 138 valence electrons. The van der Waals surface area contributed by atoms with Crippen LogP contribution in [0.5, 0.6) is 5.75 Å². The van der Waals surface area contributed by atoms with Crippen LogP contribution in [0, 0.1) is 0 Å². The Morgan fingerprint density at radius 2 is 1.83 bits per heavy atom. The number of hydrogen-bond donors (Lipinski definition) is 2. The number of benzene rings is 1. The number of rotatable bonds is 10. The van der Waals surface area contributed by atoms with Crippen LogP contribution in [0.25, 0.3) is 0 Å². The Bertz CT molecular complexity index is 464. The lowest BCUT2D eigenvalue weighted by Crippen LogP contribution is -2.37. The number of halogens is 1. The molecule has 0 radical (unpaired) electrons. The van der Waals surface area contributed by atoms with Gasteiger partial charge < -0.3 is 20.3 Å². The van der Waals surface area contributed by atoms with Crippen LogP contribution in [-0.2, 0) is 6.54 Å². The van der Waals surface area contributed by atoms with Gasteiger partial charge in [0.1, 0.15) is 5.75 Å². The quantitative estimate of drug-likeness (QED) is 0.250. The highest BCUT2D eigenvalue weighted by molar-refractivity contribution is 14.0. The van der Waals surface area contributed by atoms with E-state index in [9.17, 15) is 0 Å². The first-order valence-corrected chi connectivity index (χ1v) is 8.53. The molecule has 5 nitrogen and oxygen atoms in total. The summed E-state index contributed by atoms with van der Waals surface area (Å²) < 4.78 is 5.36. The summed E-state index contributed by atoms with van der Waals surface area (Å²) in [6.45, 7) is 9.49. The molecule has 0 heterocycles. The van der Waals surface area contributed by atoms with Crippen LogP contribution < -0.4 is 15.4 Å². The summed E-state index contributed by atoms with van der Waals surface area (Å²) in [5, 5.41) is 6.70. The lowest BCUT2D eigenvalue weighted by Gasteiger charge is -2.18. The summed E-state index contributed by atoms with van der Waals surface area (Å²) in [6, 6.07) is 8.03. The Balaban J connectivity index is 0.00000529. The van der Waals surface area contributed by atoms with Gasteiger partial charge in [-0.1, -0.05) is 32.0 Å². The van der Waals surface area contributed by atoms with E-state index in [1.165, 1.54) is 13.0 Å². The average Bonchev–Trinajstić information content (AvgIpc) is 2.61. The molecule has 0 amide bonds. The topological polar surface area (TPSA) is 48.9 Å². The fraction of sp³-hybridized carbons (Fsp3) is 0.611.